The first-order chi connectivity index (χ1) is 9.19. The lowest BCUT2D eigenvalue weighted by molar-refractivity contribution is 0.0999. The third kappa shape index (κ3) is 5.43. The average molecular weight is 262 g/mol. The molecule has 0 aliphatic carbocycles. The van der Waals surface area contributed by atoms with E-state index >= 15 is 0 Å². The summed E-state index contributed by atoms with van der Waals surface area (Å²) >= 11 is 0. The molecule has 0 saturated heterocycles. The largest absolute Gasteiger partial charge is 0.366 e. The maximum atomic E-state index is 11.4. The van der Waals surface area contributed by atoms with E-state index in [-0.39, 0.29) is 5.91 Å². The molecule has 1 atom stereocenters. The fourth-order valence-electron chi connectivity index (χ4n) is 2.52. The molecule has 1 aromatic rings. The van der Waals surface area contributed by atoms with Crippen molar-refractivity contribution in [2.45, 2.75) is 45.4 Å². The van der Waals surface area contributed by atoms with Gasteiger partial charge in [0.1, 0.15) is 0 Å². The van der Waals surface area contributed by atoms with Crippen LogP contribution in [0.4, 0.5) is 0 Å². The molecule has 1 amide bonds. The quantitative estimate of drug-likeness (QED) is 0.672. The van der Waals surface area contributed by atoms with Gasteiger partial charge < -0.3 is 11.5 Å². The first kappa shape index (κ1) is 15.7. The van der Waals surface area contributed by atoms with Gasteiger partial charge in [-0.25, -0.2) is 0 Å². The molecule has 0 fully saturated rings. The zero-order valence-corrected chi connectivity index (χ0v) is 11.9. The molecule has 0 saturated carbocycles. The van der Waals surface area contributed by atoms with Crippen LogP contribution in [0, 0.1) is 5.92 Å². The van der Waals surface area contributed by atoms with E-state index in [1.807, 2.05) is 24.3 Å². The Morgan fingerprint density at radius 1 is 1.21 bits per heavy atom. The van der Waals surface area contributed by atoms with Gasteiger partial charge in [-0.3, -0.25) is 4.79 Å². The minimum Gasteiger partial charge on any atom is -0.366 e. The Bertz CT molecular complexity index is 390. The van der Waals surface area contributed by atoms with E-state index in [0.717, 1.165) is 18.4 Å². The molecule has 0 heterocycles. The number of benzene rings is 1. The SMILES string of the molecule is CCCCCC(CCN)Cc1ccccc1C(N)=O. The number of carbonyl (C=O) groups is 1. The lowest BCUT2D eigenvalue weighted by Crippen LogP contribution is -2.17. The highest BCUT2D eigenvalue weighted by molar-refractivity contribution is 5.94. The van der Waals surface area contributed by atoms with Crippen molar-refractivity contribution in [1.82, 2.24) is 0 Å². The summed E-state index contributed by atoms with van der Waals surface area (Å²) in [6.07, 6.45) is 6.82. The summed E-state index contributed by atoms with van der Waals surface area (Å²) in [5.74, 6) is 0.215. The molecular formula is C16H26N2O. The first-order valence-electron chi connectivity index (χ1n) is 7.26. The second-order valence-corrected chi connectivity index (χ2v) is 5.16. The van der Waals surface area contributed by atoms with Crippen molar-refractivity contribution in [3.8, 4) is 0 Å². The Labute approximate surface area is 116 Å². The topological polar surface area (TPSA) is 69.1 Å². The third-order valence-corrected chi connectivity index (χ3v) is 3.58. The maximum Gasteiger partial charge on any atom is 0.248 e. The van der Waals surface area contributed by atoms with Gasteiger partial charge in [0.05, 0.1) is 0 Å². The Hall–Kier alpha value is -1.35. The van der Waals surface area contributed by atoms with Crippen molar-refractivity contribution in [3.05, 3.63) is 35.4 Å². The molecule has 0 spiro atoms. The van der Waals surface area contributed by atoms with Crippen molar-refractivity contribution in [1.29, 1.82) is 0 Å². The highest BCUT2D eigenvalue weighted by atomic mass is 16.1. The Kier molecular flexibility index (Phi) is 7.19. The van der Waals surface area contributed by atoms with Gasteiger partial charge in [-0.1, -0.05) is 50.8 Å². The van der Waals surface area contributed by atoms with Gasteiger partial charge in [0.15, 0.2) is 0 Å². The summed E-state index contributed by atoms with van der Waals surface area (Å²) in [5, 5.41) is 0. The molecular weight excluding hydrogens is 236 g/mol. The molecule has 19 heavy (non-hydrogen) atoms. The molecule has 0 radical (unpaired) electrons. The van der Waals surface area contributed by atoms with Crippen LogP contribution in [0.15, 0.2) is 24.3 Å². The van der Waals surface area contributed by atoms with Crippen LogP contribution in [0.5, 0.6) is 0 Å². The molecule has 1 aromatic carbocycles. The minimum atomic E-state index is -0.337. The molecule has 0 aliphatic heterocycles. The predicted octanol–water partition coefficient (Wildman–Crippen LogP) is 2.87. The zero-order chi connectivity index (χ0) is 14.1. The lowest BCUT2D eigenvalue weighted by Gasteiger charge is -2.17. The van der Waals surface area contributed by atoms with E-state index in [4.69, 9.17) is 11.5 Å². The van der Waals surface area contributed by atoms with Crippen LogP contribution in [0.2, 0.25) is 0 Å². The number of primary amides is 1. The van der Waals surface area contributed by atoms with Crippen LogP contribution < -0.4 is 11.5 Å². The van der Waals surface area contributed by atoms with Gasteiger partial charge in [-0.15, -0.1) is 0 Å². The van der Waals surface area contributed by atoms with Crippen molar-refractivity contribution in [3.63, 3.8) is 0 Å². The smallest absolute Gasteiger partial charge is 0.248 e. The van der Waals surface area contributed by atoms with E-state index in [1.54, 1.807) is 0 Å². The summed E-state index contributed by atoms with van der Waals surface area (Å²) in [5.41, 5.74) is 12.8. The van der Waals surface area contributed by atoms with Crippen LogP contribution in [0.3, 0.4) is 0 Å². The fraction of sp³-hybridized carbons (Fsp3) is 0.562. The fourth-order valence-corrected chi connectivity index (χ4v) is 2.52. The number of hydrogen-bond acceptors (Lipinski definition) is 2. The van der Waals surface area contributed by atoms with Gasteiger partial charge in [0.2, 0.25) is 5.91 Å². The highest BCUT2D eigenvalue weighted by Crippen LogP contribution is 2.21. The second-order valence-electron chi connectivity index (χ2n) is 5.16. The lowest BCUT2D eigenvalue weighted by atomic mass is 9.89. The number of hydrogen-bond donors (Lipinski definition) is 2. The summed E-state index contributed by atoms with van der Waals surface area (Å²) in [6, 6.07) is 7.64. The molecule has 0 aliphatic rings. The molecule has 0 bridgehead atoms. The van der Waals surface area contributed by atoms with Gasteiger partial charge in [-0.2, -0.15) is 0 Å². The molecule has 1 unspecified atom stereocenters. The normalized spacial score (nSPS) is 12.3. The summed E-state index contributed by atoms with van der Waals surface area (Å²) in [7, 11) is 0. The Morgan fingerprint density at radius 3 is 2.58 bits per heavy atom. The van der Waals surface area contributed by atoms with Crippen LogP contribution in [-0.4, -0.2) is 12.5 Å². The first-order valence-corrected chi connectivity index (χ1v) is 7.26. The van der Waals surface area contributed by atoms with Gasteiger partial charge in [-0.05, 0) is 36.9 Å². The number of rotatable bonds is 9. The number of amides is 1. The maximum absolute atomic E-state index is 11.4. The molecule has 4 N–H and O–H groups in total. The molecule has 1 rings (SSSR count). The molecule has 106 valence electrons. The standard InChI is InChI=1S/C16H26N2O/c1-2-3-4-7-13(10-11-17)12-14-8-5-6-9-15(14)16(18)19/h5-6,8-9,13H,2-4,7,10-12,17H2,1H3,(H2,18,19). The van der Waals surface area contributed by atoms with Gasteiger partial charge >= 0.3 is 0 Å². The Morgan fingerprint density at radius 2 is 1.95 bits per heavy atom. The zero-order valence-electron chi connectivity index (χ0n) is 11.9. The second kappa shape index (κ2) is 8.70. The number of nitrogens with two attached hydrogens (primary N) is 2. The summed E-state index contributed by atoms with van der Waals surface area (Å²) in [6.45, 7) is 2.91. The number of unbranched alkanes of at least 4 members (excludes halogenated alkanes) is 2. The number of carbonyl (C=O) groups excluding carboxylic acids is 1. The van der Waals surface area contributed by atoms with E-state index in [1.165, 1.54) is 25.7 Å². The van der Waals surface area contributed by atoms with Crippen molar-refractivity contribution in [2.24, 2.45) is 17.4 Å². The van der Waals surface area contributed by atoms with Gasteiger partial charge in [0, 0.05) is 5.56 Å². The highest BCUT2D eigenvalue weighted by Gasteiger charge is 2.13. The van der Waals surface area contributed by atoms with E-state index in [9.17, 15) is 4.79 Å². The third-order valence-electron chi connectivity index (χ3n) is 3.58. The van der Waals surface area contributed by atoms with E-state index < -0.39 is 0 Å². The average Bonchev–Trinajstić information content (AvgIpc) is 2.39. The summed E-state index contributed by atoms with van der Waals surface area (Å²) < 4.78 is 0. The van der Waals surface area contributed by atoms with Crippen LogP contribution in [-0.2, 0) is 6.42 Å². The van der Waals surface area contributed by atoms with Crippen molar-refractivity contribution < 1.29 is 4.79 Å². The molecule has 3 nitrogen and oxygen atoms in total. The molecule has 3 heteroatoms. The van der Waals surface area contributed by atoms with E-state index in [2.05, 4.69) is 6.92 Å². The van der Waals surface area contributed by atoms with Crippen LogP contribution in [0.25, 0.3) is 0 Å². The minimum absolute atomic E-state index is 0.337. The summed E-state index contributed by atoms with van der Waals surface area (Å²) in [4.78, 5) is 11.4. The van der Waals surface area contributed by atoms with Gasteiger partial charge in [0.25, 0.3) is 0 Å². The van der Waals surface area contributed by atoms with Crippen LogP contribution >= 0.6 is 0 Å². The monoisotopic (exact) mass is 262 g/mol. The van der Waals surface area contributed by atoms with Crippen LogP contribution in [0.1, 0.15) is 54.9 Å². The Balaban J connectivity index is 2.69. The van der Waals surface area contributed by atoms with Crippen molar-refractivity contribution >= 4 is 5.91 Å². The predicted molar refractivity (Wildman–Crippen MR) is 80.0 cm³/mol. The molecule has 0 aromatic heterocycles. The van der Waals surface area contributed by atoms with E-state index in [0.29, 0.717) is 18.0 Å². The van der Waals surface area contributed by atoms with Crippen molar-refractivity contribution in [2.75, 3.05) is 6.54 Å².